The van der Waals surface area contributed by atoms with Crippen LogP contribution in [0.1, 0.15) is 5.56 Å². The normalized spacial score (nSPS) is 20.9. The van der Waals surface area contributed by atoms with Gasteiger partial charge < -0.3 is 10.5 Å². The van der Waals surface area contributed by atoms with E-state index < -0.39 is 0 Å². The van der Waals surface area contributed by atoms with E-state index in [2.05, 4.69) is 20.0 Å². The van der Waals surface area contributed by atoms with Crippen molar-refractivity contribution >= 4 is 23.8 Å². The molecule has 1 aromatic rings. The summed E-state index contributed by atoms with van der Waals surface area (Å²) in [7, 11) is 1.62. The maximum atomic E-state index is 5.76. The summed E-state index contributed by atoms with van der Waals surface area (Å²) in [5, 5.41) is 0. The van der Waals surface area contributed by atoms with Gasteiger partial charge in [0, 0.05) is 5.56 Å². The lowest BCUT2D eigenvalue weighted by atomic mass is 10.2. The number of amidine groups is 3. The van der Waals surface area contributed by atoms with Crippen LogP contribution in [0.2, 0.25) is 0 Å². The van der Waals surface area contributed by atoms with Crippen LogP contribution in [0.3, 0.4) is 0 Å². The predicted octanol–water partition coefficient (Wildman–Crippen LogP) is 0.622. The molecule has 18 heavy (non-hydrogen) atoms. The molecule has 2 N–H and O–H groups in total. The second-order valence-electron chi connectivity index (χ2n) is 3.86. The highest BCUT2D eigenvalue weighted by Crippen LogP contribution is 2.19. The van der Waals surface area contributed by atoms with E-state index in [-0.39, 0.29) is 6.04 Å². The fraction of sp³-hybridized carbons (Fsp3) is 0.167. The SMILES string of the molecule is COc1cccc(C2=NC3C(N)=NC=NC3=N2)c1. The molecule has 6 heteroatoms. The molecular formula is C12H11N5O. The molecule has 0 fully saturated rings. The Balaban J connectivity index is 1.99. The first kappa shape index (κ1) is 10.6. The van der Waals surface area contributed by atoms with Gasteiger partial charge in [0.05, 0.1) is 7.11 Å². The van der Waals surface area contributed by atoms with Crippen molar-refractivity contribution in [1.82, 2.24) is 0 Å². The zero-order valence-electron chi connectivity index (χ0n) is 9.74. The van der Waals surface area contributed by atoms with E-state index in [0.29, 0.717) is 17.5 Å². The van der Waals surface area contributed by atoms with Crippen LogP contribution >= 0.6 is 0 Å². The van der Waals surface area contributed by atoms with Crippen molar-refractivity contribution < 1.29 is 4.74 Å². The highest BCUT2D eigenvalue weighted by atomic mass is 16.5. The number of fused-ring (bicyclic) bond motifs is 1. The van der Waals surface area contributed by atoms with Crippen molar-refractivity contribution in [1.29, 1.82) is 0 Å². The average Bonchev–Trinajstić information content (AvgIpc) is 2.84. The van der Waals surface area contributed by atoms with Gasteiger partial charge in [0.2, 0.25) is 0 Å². The number of ether oxygens (including phenoxy) is 1. The number of methoxy groups -OCH3 is 1. The third-order valence-corrected chi connectivity index (χ3v) is 2.72. The van der Waals surface area contributed by atoms with Crippen molar-refractivity contribution in [3.63, 3.8) is 0 Å². The lowest BCUT2D eigenvalue weighted by Gasteiger charge is -2.08. The van der Waals surface area contributed by atoms with E-state index >= 15 is 0 Å². The number of hydrogen-bond donors (Lipinski definition) is 1. The Labute approximate surface area is 104 Å². The Kier molecular flexibility index (Phi) is 2.40. The minimum absolute atomic E-state index is 0.351. The third kappa shape index (κ3) is 1.67. The molecule has 0 amide bonds. The molecule has 2 heterocycles. The molecule has 1 unspecified atom stereocenters. The van der Waals surface area contributed by atoms with Crippen LogP contribution in [0, 0.1) is 0 Å². The summed E-state index contributed by atoms with van der Waals surface area (Å²) in [5.41, 5.74) is 6.64. The van der Waals surface area contributed by atoms with Gasteiger partial charge in [-0.2, -0.15) is 0 Å². The van der Waals surface area contributed by atoms with Crippen molar-refractivity contribution in [2.45, 2.75) is 6.04 Å². The summed E-state index contributed by atoms with van der Waals surface area (Å²) in [6.07, 6.45) is 1.40. The highest BCUT2D eigenvalue weighted by molar-refractivity contribution is 6.24. The molecule has 0 spiro atoms. The molecule has 2 aliphatic rings. The van der Waals surface area contributed by atoms with Crippen molar-refractivity contribution in [2.24, 2.45) is 25.7 Å². The van der Waals surface area contributed by atoms with Gasteiger partial charge in [-0.05, 0) is 12.1 Å². The van der Waals surface area contributed by atoms with Crippen molar-refractivity contribution in [2.75, 3.05) is 7.11 Å². The fourth-order valence-electron chi connectivity index (χ4n) is 1.80. The van der Waals surface area contributed by atoms with Gasteiger partial charge in [0.25, 0.3) is 0 Å². The number of aliphatic imine (C=N–C) groups is 4. The number of benzene rings is 1. The van der Waals surface area contributed by atoms with Crippen LogP contribution in [0.4, 0.5) is 0 Å². The van der Waals surface area contributed by atoms with E-state index in [9.17, 15) is 0 Å². The Morgan fingerprint density at radius 1 is 1.33 bits per heavy atom. The third-order valence-electron chi connectivity index (χ3n) is 2.72. The van der Waals surface area contributed by atoms with E-state index in [1.54, 1.807) is 7.11 Å². The van der Waals surface area contributed by atoms with Crippen LogP contribution < -0.4 is 10.5 Å². The zero-order chi connectivity index (χ0) is 12.5. The molecule has 2 aliphatic heterocycles. The Morgan fingerprint density at radius 3 is 3.00 bits per heavy atom. The van der Waals surface area contributed by atoms with Crippen LogP contribution in [-0.4, -0.2) is 37.0 Å². The van der Waals surface area contributed by atoms with Gasteiger partial charge in [-0.25, -0.2) is 20.0 Å². The van der Waals surface area contributed by atoms with Gasteiger partial charge in [-0.3, -0.25) is 0 Å². The van der Waals surface area contributed by atoms with Crippen molar-refractivity contribution in [3.05, 3.63) is 29.8 Å². The Morgan fingerprint density at radius 2 is 2.22 bits per heavy atom. The molecule has 6 nitrogen and oxygen atoms in total. The zero-order valence-corrected chi connectivity index (χ0v) is 9.74. The largest absolute Gasteiger partial charge is 0.497 e. The molecule has 1 aromatic carbocycles. The van der Waals surface area contributed by atoms with Gasteiger partial charge in [0.1, 0.15) is 17.9 Å². The predicted molar refractivity (Wildman–Crippen MR) is 70.9 cm³/mol. The number of nitrogens with zero attached hydrogens (tertiary/aromatic N) is 4. The van der Waals surface area contributed by atoms with Gasteiger partial charge in [-0.15, -0.1) is 0 Å². The standard InChI is InChI=1S/C12H11N5O/c1-18-8-4-2-3-7(5-8)11-16-9-10(13)14-6-15-12(9)17-11/h2-6,9H,1H3,(H2,13,14,15,16,17). The monoisotopic (exact) mass is 241 g/mol. The first-order valence-electron chi connectivity index (χ1n) is 5.44. The quantitative estimate of drug-likeness (QED) is 0.823. The van der Waals surface area contributed by atoms with Crippen molar-refractivity contribution in [3.8, 4) is 5.75 Å². The minimum atomic E-state index is -0.351. The first-order chi connectivity index (χ1) is 8.78. The van der Waals surface area contributed by atoms with E-state index in [1.807, 2.05) is 24.3 Å². The summed E-state index contributed by atoms with van der Waals surface area (Å²) in [5.74, 6) is 2.36. The molecule has 90 valence electrons. The molecule has 3 rings (SSSR count). The molecule has 0 saturated heterocycles. The number of rotatable bonds is 2. The molecular weight excluding hydrogens is 230 g/mol. The molecule has 0 aliphatic carbocycles. The molecule has 0 bridgehead atoms. The number of nitrogens with two attached hydrogens (primary N) is 1. The Hall–Kier alpha value is -2.50. The summed E-state index contributed by atoms with van der Waals surface area (Å²) < 4.78 is 5.17. The maximum absolute atomic E-state index is 5.76. The summed E-state index contributed by atoms with van der Waals surface area (Å²) in [6.45, 7) is 0. The lowest BCUT2D eigenvalue weighted by Crippen LogP contribution is -2.34. The smallest absolute Gasteiger partial charge is 0.169 e. The van der Waals surface area contributed by atoms with E-state index in [1.165, 1.54) is 6.34 Å². The van der Waals surface area contributed by atoms with Crippen LogP contribution in [0.15, 0.2) is 44.2 Å². The second-order valence-corrected chi connectivity index (χ2v) is 3.86. The van der Waals surface area contributed by atoms with E-state index in [0.717, 1.165) is 11.3 Å². The topological polar surface area (TPSA) is 84.7 Å². The maximum Gasteiger partial charge on any atom is 0.169 e. The molecule has 0 radical (unpaired) electrons. The fourth-order valence-corrected chi connectivity index (χ4v) is 1.80. The molecule has 0 saturated carbocycles. The highest BCUT2D eigenvalue weighted by Gasteiger charge is 2.28. The molecule has 0 aromatic heterocycles. The van der Waals surface area contributed by atoms with Gasteiger partial charge >= 0.3 is 0 Å². The second kappa shape index (κ2) is 4.06. The van der Waals surface area contributed by atoms with Crippen LogP contribution in [0.25, 0.3) is 0 Å². The summed E-state index contributed by atoms with van der Waals surface area (Å²) in [4.78, 5) is 16.8. The molecule has 1 atom stereocenters. The van der Waals surface area contributed by atoms with Crippen LogP contribution in [-0.2, 0) is 0 Å². The summed E-state index contributed by atoms with van der Waals surface area (Å²) in [6, 6.07) is 7.19. The number of hydrogen-bond acceptors (Lipinski definition) is 6. The van der Waals surface area contributed by atoms with Gasteiger partial charge in [-0.1, -0.05) is 12.1 Å². The summed E-state index contributed by atoms with van der Waals surface area (Å²) >= 11 is 0. The Bertz CT molecular complexity index is 615. The van der Waals surface area contributed by atoms with E-state index in [4.69, 9.17) is 10.5 Å². The minimum Gasteiger partial charge on any atom is -0.497 e. The lowest BCUT2D eigenvalue weighted by molar-refractivity contribution is 0.414. The van der Waals surface area contributed by atoms with Crippen LogP contribution in [0.5, 0.6) is 5.75 Å². The van der Waals surface area contributed by atoms with Gasteiger partial charge in [0.15, 0.2) is 17.7 Å². The average molecular weight is 241 g/mol. The first-order valence-corrected chi connectivity index (χ1v) is 5.44.